The van der Waals surface area contributed by atoms with Gasteiger partial charge in [0.15, 0.2) is 17.5 Å². The smallest absolute Gasteiger partial charge is 0.335 e. The maximum atomic E-state index is 14.9. The molecule has 2 aromatic carbocycles. The van der Waals surface area contributed by atoms with Crippen molar-refractivity contribution in [1.29, 1.82) is 5.26 Å². The van der Waals surface area contributed by atoms with Crippen LogP contribution in [0.2, 0.25) is 0 Å². The predicted molar refractivity (Wildman–Crippen MR) is 152 cm³/mol. The van der Waals surface area contributed by atoms with Gasteiger partial charge < -0.3 is 24.0 Å². The second kappa shape index (κ2) is 10.8. The molecule has 1 aliphatic carbocycles. The summed E-state index contributed by atoms with van der Waals surface area (Å²) in [6, 6.07) is 11.4. The van der Waals surface area contributed by atoms with Crippen LogP contribution in [0, 0.1) is 34.2 Å². The standard InChI is InChI=1S/C32H28F3N5O4/c33-23-11-18(15-36)1-2-20(23)17-44-30-25(35)13-24(34)29(38-30)39-8-6-32(7-9-39)14-22(32)28-37-26-4-3-19(31(41)42)12-27(26)40(28)16-21-5-10-43-21/h1-4,11-13,21-22H,5-10,14,16-17H2,(H,41,42)/t21-,22?/m0/s1. The number of hydrogen-bond acceptors (Lipinski definition) is 7. The first-order valence-corrected chi connectivity index (χ1v) is 14.5. The Bertz CT molecular complexity index is 1820. The van der Waals surface area contributed by atoms with Gasteiger partial charge in [-0.15, -0.1) is 0 Å². The van der Waals surface area contributed by atoms with E-state index in [-0.39, 0.29) is 46.6 Å². The van der Waals surface area contributed by atoms with Crippen LogP contribution in [-0.4, -0.2) is 51.4 Å². The molecule has 44 heavy (non-hydrogen) atoms. The van der Waals surface area contributed by atoms with Crippen LogP contribution in [0.5, 0.6) is 5.88 Å². The number of carboxylic acid groups (broad SMARTS) is 1. The molecule has 1 saturated carbocycles. The summed E-state index contributed by atoms with van der Waals surface area (Å²) in [5.41, 5.74) is 1.96. The summed E-state index contributed by atoms with van der Waals surface area (Å²) < 4.78 is 57.0. The Kier molecular flexibility index (Phi) is 6.93. The average Bonchev–Trinajstić information content (AvgIpc) is 3.56. The van der Waals surface area contributed by atoms with E-state index in [0.717, 1.165) is 54.7 Å². The van der Waals surface area contributed by atoms with Gasteiger partial charge in [0.1, 0.15) is 18.2 Å². The van der Waals surface area contributed by atoms with Crippen molar-refractivity contribution in [3.8, 4) is 11.9 Å². The van der Waals surface area contributed by atoms with Gasteiger partial charge in [0, 0.05) is 37.2 Å². The summed E-state index contributed by atoms with van der Waals surface area (Å²) in [6.45, 7) is 1.96. The average molecular weight is 604 g/mol. The molecule has 226 valence electrons. The summed E-state index contributed by atoms with van der Waals surface area (Å²) in [6.07, 6.45) is 3.39. The summed E-state index contributed by atoms with van der Waals surface area (Å²) in [7, 11) is 0. The minimum atomic E-state index is -0.993. The predicted octanol–water partition coefficient (Wildman–Crippen LogP) is 5.56. The van der Waals surface area contributed by atoms with Crippen LogP contribution in [0.15, 0.2) is 42.5 Å². The molecule has 7 rings (SSSR count). The van der Waals surface area contributed by atoms with Crippen molar-refractivity contribution in [3.63, 3.8) is 0 Å². The third kappa shape index (κ3) is 5.01. The number of pyridine rings is 1. The fourth-order valence-electron chi connectivity index (χ4n) is 6.44. The lowest BCUT2D eigenvalue weighted by molar-refractivity contribution is -0.0590. The number of nitrogens with zero attached hydrogens (tertiary/aromatic N) is 5. The van der Waals surface area contributed by atoms with Gasteiger partial charge in [-0.1, -0.05) is 6.07 Å². The van der Waals surface area contributed by atoms with Crippen molar-refractivity contribution in [2.24, 2.45) is 5.41 Å². The molecule has 2 atom stereocenters. The molecule has 1 N–H and O–H groups in total. The van der Waals surface area contributed by atoms with E-state index in [1.165, 1.54) is 12.1 Å². The zero-order chi connectivity index (χ0) is 30.6. The number of piperidine rings is 1. The van der Waals surface area contributed by atoms with Gasteiger partial charge in [0.05, 0.1) is 40.9 Å². The number of benzene rings is 2. The molecule has 0 amide bonds. The van der Waals surface area contributed by atoms with Gasteiger partial charge in [-0.05, 0) is 61.4 Å². The Balaban J connectivity index is 1.07. The Morgan fingerprint density at radius 2 is 1.89 bits per heavy atom. The lowest BCUT2D eigenvalue weighted by atomic mass is 9.90. The maximum absolute atomic E-state index is 14.9. The fraction of sp³-hybridized carbons (Fsp3) is 0.375. The highest BCUT2D eigenvalue weighted by Gasteiger charge is 2.57. The minimum absolute atomic E-state index is 0.0238. The third-order valence-electron chi connectivity index (χ3n) is 9.19. The highest BCUT2D eigenvalue weighted by Crippen LogP contribution is 2.65. The van der Waals surface area contributed by atoms with Crippen molar-refractivity contribution in [3.05, 3.63) is 82.4 Å². The first-order chi connectivity index (χ1) is 21.2. The van der Waals surface area contributed by atoms with E-state index in [0.29, 0.717) is 26.2 Å². The molecule has 9 nitrogen and oxygen atoms in total. The van der Waals surface area contributed by atoms with Crippen LogP contribution in [0.1, 0.15) is 58.9 Å². The number of anilines is 1. The number of nitriles is 1. The Morgan fingerprint density at radius 1 is 1.09 bits per heavy atom. The molecule has 1 unspecified atom stereocenters. The lowest BCUT2D eigenvalue weighted by Gasteiger charge is -2.34. The molecule has 3 aliphatic rings. The Morgan fingerprint density at radius 3 is 2.57 bits per heavy atom. The van der Waals surface area contributed by atoms with E-state index < -0.39 is 29.3 Å². The topological polar surface area (TPSA) is 114 Å². The highest BCUT2D eigenvalue weighted by molar-refractivity contribution is 5.92. The van der Waals surface area contributed by atoms with Crippen molar-refractivity contribution in [1.82, 2.24) is 14.5 Å². The number of aromatic nitrogens is 3. The van der Waals surface area contributed by atoms with Gasteiger partial charge in [0.2, 0.25) is 0 Å². The second-order valence-electron chi connectivity index (χ2n) is 11.8. The molecule has 1 spiro atoms. The van der Waals surface area contributed by atoms with E-state index in [9.17, 15) is 23.1 Å². The highest BCUT2D eigenvalue weighted by atomic mass is 19.1. The first kappa shape index (κ1) is 28.2. The Labute approximate surface area is 250 Å². The van der Waals surface area contributed by atoms with Crippen molar-refractivity contribution in [2.75, 3.05) is 24.6 Å². The van der Waals surface area contributed by atoms with Crippen LogP contribution in [0.4, 0.5) is 19.0 Å². The van der Waals surface area contributed by atoms with Crippen LogP contribution < -0.4 is 9.64 Å². The summed E-state index contributed by atoms with van der Waals surface area (Å²) >= 11 is 0. The number of fused-ring (bicyclic) bond motifs is 1. The number of aromatic carboxylic acids is 1. The summed E-state index contributed by atoms with van der Waals surface area (Å²) in [5, 5.41) is 18.5. The molecule has 2 aromatic heterocycles. The molecule has 12 heteroatoms. The van der Waals surface area contributed by atoms with Gasteiger partial charge in [-0.25, -0.2) is 22.9 Å². The molecular weight excluding hydrogens is 575 g/mol. The van der Waals surface area contributed by atoms with E-state index in [1.807, 2.05) is 6.07 Å². The molecule has 0 radical (unpaired) electrons. The third-order valence-corrected chi connectivity index (χ3v) is 9.19. The number of carbonyl (C=O) groups is 1. The van der Waals surface area contributed by atoms with E-state index in [1.54, 1.807) is 23.1 Å². The van der Waals surface area contributed by atoms with E-state index >= 15 is 0 Å². The maximum Gasteiger partial charge on any atom is 0.335 e. The molecule has 4 aromatic rings. The lowest BCUT2D eigenvalue weighted by Crippen LogP contribution is -2.36. The number of imidazole rings is 1. The van der Waals surface area contributed by atoms with Crippen LogP contribution >= 0.6 is 0 Å². The quantitative estimate of drug-likeness (QED) is 0.279. The SMILES string of the molecule is N#Cc1ccc(COc2nc(N3CCC4(CC3)CC4c3nc4ccc(C(=O)O)cc4n3C[C@@H]3CCO3)c(F)cc2F)c(F)c1. The largest absolute Gasteiger partial charge is 0.478 e. The Hall–Kier alpha value is -4.63. The molecular formula is C32H28F3N5O4. The zero-order valence-electron chi connectivity index (χ0n) is 23.6. The number of hydrogen-bond donors (Lipinski definition) is 1. The van der Waals surface area contributed by atoms with Crippen molar-refractivity contribution < 1.29 is 32.5 Å². The van der Waals surface area contributed by atoms with Gasteiger partial charge >= 0.3 is 5.97 Å². The van der Waals surface area contributed by atoms with Crippen molar-refractivity contribution in [2.45, 2.75) is 50.9 Å². The van der Waals surface area contributed by atoms with Gasteiger partial charge in [-0.3, -0.25) is 0 Å². The normalized spacial score (nSPS) is 20.4. The van der Waals surface area contributed by atoms with Gasteiger partial charge in [0.25, 0.3) is 5.88 Å². The minimum Gasteiger partial charge on any atom is -0.478 e. The van der Waals surface area contributed by atoms with Crippen molar-refractivity contribution >= 4 is 22.8 Å². The van der Waals surface area contributed by atoms with E-state index in [2.05, 4.69) is 9.55 Å². The van der Waals surface area contributed by atoms with Crippen LogP contribution in [0.25, 0.3) is 11.0 Å². The molecule has 2 aliphatic heterocycles. The summed E-state index contributed by atoms with van der Waals surface area (Å²) in [5.74, 6) is -2.82. The molecule has 0 bridgehead atoms. The molecule has 3 fully saturated rings. The van der Waals surface area contributed by atoms with Gasteiger partial charge in [-0.2, -0.15) is 10.2 Å². The second-order valence-corrected chi connectivity index (χ2v) is 11.8. The molecule has 2 saturated heterocycles. The van der Waals surface area contributed by atoms with Crippen LogP contribution in [-0.2, 0) is 17.9 Å². The van der Waals surface area contributed by atoms with Crippen LogP contribution in [0.3, 0.4) is 0 Å². The fourth-order valence-corrected chi connectivity index (χ4v) is 6.44. The molecule has 4 heterocycles. The number of carboxylic acids is 1. The first-order valence-electron chi connectivity index (χ1n) is 14.5. The van der Waals surface area contributed by atoms with E-state index in [4.69, 9.17) is 19.7 Å². The monoisotopic (exact) mass is 603 g/mol. The number of ether oxygens (including phenoxy) is 2. The summed E-state index contributed by atoms with van der Waals surface area (Å²) in [4.78, 5) is 22.5. The number of rotatable bonds is 8. The number of halogens is 3. The zero-order valence-corrected chi connectivity index (χ0v) is 23.6.